The van der Waals surface area contributed by atoms with Crippen LogP contribution in [0.5, 0.6) is 0 Å². The highest BCUT2D eigenvalue weighted by Gasteiger charge is 2.03. The zero-order chi connectivity index (χ0) is 9.40. The summed E-state index contributed by atoms with van der Waals surface area (Å²) >= 11 is 4.68. The molecule has 0 unspecified atom stereocenters. The number of thiocarbonyl (C=S) groups is 1. The van der Waals surface area contributed by atoms with Crippen LogP contribution in [0.3, 0.4) is 0 Å². The topological polar surface area (TPSA) is 23.5 Å². The molecule has 1 N–H and O–H groups in total. The van der Waals surface area contributed by atoms with Gasteiger partial charge < -0.3 is 10.0 Å². The second-order valence-corrected chi connectivity index (χ2v) is 3.29. The van der Waals surface area contributed by atoms with Crippen molar-refractivity contribution in [1.29, 1.82) is 0 Å². The van der Waals surface area contributed by atoms with E-state index in [2.05, 4.69) is 19.1 Å². The predicted molar refractivity (Wildman–Crippen MR) is 56.6 cm³/mol. The van der Waals surface area contributed by atoms with Gasteiger partial charge in [0, 0.05) is 13.1 Å². The maximum absolute atomic E-state index is 9.03. The van der Waals surface area contributed by atoms with Crippen molar-refractivity contribution in [3.8, 4) is 0 Å². The Morgan fingerprint density at radius 1 is 1.25 bits per heavy atom. The molecule has 0 saturated carbocycles. The summed E-state index contributed by atoms with van der Waals surface area (Å²) in [6.45, 7) is 5.89. The maximum Gasteiger partial charge on any atom is 0.256 e. The van der Waals surface area contributed by atoms with Gasteiger partial charge in [0.15, 0.2) is 0 Å². The molecule has 0 rings (SSSR count). The molecule has 12 heavy (non-hydrogen) atoms. The molecule has 0 atom stereocenters. The van der Waals surface area contributed by atoms with Gasteiger partial charge in [0.1, 0.15) is 0 Å². The summed E-state index contributed by atoms with van der Waals surface area (Å²) in [7, 11) is 0. The third-order valence-electron chi connectivity index (χ3n) is 1.93. The van der Waals surface area contributed by atoms with Gasteiger partial charge in [-0.2, -0.15) is 0 Å². The minimum absolute atomic E-state index is 0.0361. The molecular formula is C9H19NOS. The molecule has 0 aliphatic heterocycles. The Kier molecular flexibility index (Phi) is 7.16. The Bertz CT molecular complexity index is 128. The minimum atomic E-state index is 0.0361. The number of aliphatic hydroxyl groups is 1. The van der Waals surface area contributed by atoms with E-state index in [0.29, 0.717) is 0 Å². The van der Waals surface area contributed by atoms with Crippen LogP contribution in [0.15, 0.2) is 0 Å². The standard InChI is InChI=1S/C9H19NOS/c1-3-5-6-7-8-10(4-2)9(11)12/h3-8H2,1-2H3,(H,11,12). The van der Waals surface area contributed by atoms with E-state index in [9.17, 15) is 0 Å². The van der Waals surface area contributed by atoms with E-state index >= 15 is 0 Å². The third kappa shape index (κ3) is 5.35. The highest BCUT2D eigenvalue weighted by Crippen LogP contribution is 2.01. The van der Waals surface area contributed by atoms with Gasteiger partial charge in [0.2, 0.25) is 0 Å². The van der Waals surface area contributed by atoms with Crippen LogP contribution < -0.4 is 0 Å². The molecule has 0 fully saturated rings. The first kappa shape index (κ1) is 11.7. The lowest BCUT2D eigenvalue weighted by Crippen LogP contribution is -2.29. The van der Waals surface area contributed by atoms with Crippen LogP contribution in [0.25, 0.3) is 0 Å². The highest BCUT2D eigenvalue weighted by molar-refractivity contribution is 7.79. The number of unbranched alkanes of at least 4 members (excludes halogenated alkanes) is 3. The lowest BCUT2D eigenvalue weighted by atomic mass is 10.2. The van der Waals surface area contributed by atoms with Crippen molar-refractivity contribution in [3.05, 3.63) is 0 Å². The summed E-state index contributed by atoms with van der Waals surface area (Å²) in [5.41, 5.74) is 0. The predicted octanol–water partition coefficient (Wildman–Crippen LogP) is 2.73. The second kappa shape index (κ2) is 7.35. The lowest BCUT2D eigenvalue weighted by molar-refractivity contribution is 0.348. The van der Waals surface area contributed by atoms with Crippen LogP contribution in [0.4, 0.5) is 0 Å². The molecule has 0 aliphatic carbocycles. The third-order valence-corrected chi connectivity index (χ3v) is 2.19. The van der Waals surface area contributed by atoms with Crippen LogP contribution in [0, 0.1) is 0 Å². The fourth-order valence-corrected chi connectivity index (χ4v) is 1.34. The van der Waals surface area contributed by atoms with Gasteiger partial charge in [-0.05, 0) is 25.6 Å². The first-order valence-electron chi connectivity index (χ1n) is 4.70. The van der Waals surface area contributed by atoms with Crippen molar-refractivity contribution in [2.24, 2.45) is 0 Å². The first-order valence-corrected chi connectivity index (χ1v) is 5.11. The molecule has 0 bridgehead atoms. The Morgan fingerprint density at radius 2 is 1.92 bits per heavy atom. The second-order valence-electron chi connectivity index (χ2n) is 2.92. The molecule has 72 valence electrons. The van der Waals surface area contributed by atoms with E-state index in [0.717, 1.165) is 19.5 Å². The van der Waals surface area contributed by atoms with Gasteiger partial charge in [-0.1, -0.05) is 26.2 Å². The molecule has 2 nitrogen and oxygen atoms in total. The zero-order valence-electron chi connectivity index (χ0n) is 8.05. The summed E-state index contributed by atoms with van der Waals surface area (Å²) in [5, 5.41) is 9.06. The zero-order valence-corrected chi connectivity index (χ0v) is 8.86. The van der Waals surface area contributed by atoms with E-state index in [1.165, 1.54) is 19.3 Å². The van der Waals surface area contributed by atoms with Gasteiger partial charge in [-0.25, -0.2) is 0 Å². The van der Waals surface area contributed by atoms with Gasteiger partial charge >= 0.3 is 0 Å². The Hall–Kier alpha value is -0.310. The van der Waals surface area contributed by atoms with Crippen LogP contribution >= 0.6 is 12.2 Å². The Morgan fingerprint density at radius 3 is 2.33 bits per heavy atom. The summed E-state index contributed by atoms with van der Waals surface area (Å²) in [4.78, 5) is 1.82. The molecule has 3 heteroatoms. The van der Waals surface area contributed by atoms with Crippen molar-refractivity contribution < 1.29 is 5.11 Å². The molecule has 0 heterocycles. The fraction of sp³-hybridized carbons (Fsp3) is 0.889. The van der Waals surface area contributed by atoms with Gasteiger partial charge in [0.25, 0.3) is 5.17 Å². The first-order chi connectivity index (χ1) is 5.72. The fourth-order valence-electron chi connectivity index (χ4n) is 1.12. The SMILES string of the molecule is CCCCCCN(CC)C(O)=S. The average Bonchev–Trinajstić information content (AvgIpc) is 2.04. The van der Waals surface area contributed by atoms with Crippen molar-refractivity contribution in [3.63, 3.8) is 0 Å². The van der Waals surface area contributed by atoms with Crippen molar-refractivity contribution in [2.45, 2.75) is 39.5 Å². The molecule has 0 radical (unpaired) electrons. The van der Waals surface area contributed by atoms with Gasteiger partial charge in [-0.15, -0.1) is 0 Å². The molecule has 0 amide bonds. The average molecular weight is 189 g/mol. The van der Waals surface area contributed by atoms with E-state index in [1.54, 1.807) is 0 Å². The Balaban J connectivity index is 3.38. The molecule has 0 aromatic rings. The van der Waals surface area contributed by atoms with Crippen molar-refractivity contribution in [2.75, 3.05) is 13.1 Å². The number of aliphatic hydroxyl groups excluding tert-OH is 1. The van der Waals surface area contributed by atoms with E-state index < -0.39 is 0 Å². The number of hydrogen-bond donors (Lipinski definition) is 1. The quantitative estimate of drug-likeness (QED) is 0.513. The van der Waals surface area contributed by atoms with E-state index in [-0.39, 0.29) is 5.17 Å². The smallest absolute Gasteiger partial charge is 0.256 e. The van der Waals surface area contributed by atoms with E-state index in [4.69, 9.17) is 5.11 Å². The molecule has 0 aromatic heterocycles. The largest absolute Gasteiger partial charge is 0.487 e. The number of nitrogens with zero attached hydrogens (tertiary/aromatic N) is 1. The normalized spacial score (nSPS) is 9.83. The Labute approximate surface area is 80.6 Å². The molecule has 0 saturated heterocycles. The summed E-state index contributed by atoms with van der Waals surface area (Å²) in [6, 6.07) is 0. The summed E-state index contributed by atoms with van der Waals surface area (Å²) in [5.74, 6) is 0. The summed E-state index contributed by atoms with van der Waals surface area (Å²) in [6.07, 6.45) is 4.88. The molecule has 0 spiro atoms. The maximum atomic E-state index is 9.03. The number of rotatable bonds is 6. The highest BCUT2D eigenvalue weighted by atomic mass is 32.1. The molecular weight excluding hydrogens is 170 g/mol. The van der Waals surface area contributed by atoms with Crippen molar-refractivity contribution >= 4 is 17.4 Å². The number of hydrogen-bond acceptors (Lipinski definition) is 1. The minimum Gasteiger partial charge on any atom is -0.487 e. The van der Waals surface area contributed by atoms with Crippen LogP contribution in [-0.4, -0.2) is 28.3 Å². The van der Waals surface area contributed by atoms with E-state index in [1.807, 2.05) is 11.8 Å². The van der Waals surface area contributed by atoms with Crippen molar-refractivity contribution in [1.82, 2.24) is 4.90 Å². The molecule has 0 aliphatic rings. The van der Waals surface area contributed by atoms with Gasteiger partial charge in [0.05, 0.1) is 0 Å². The monoisotopic (exact) mass is 189 g/mol. The van der Waals surface area contributed by atoms with Crippen LogP contribution in [0.1, 0.15) is 39.5 Å². The summed E-state index contributed by atoms with van der Waals surface area (Å²) < 4.78 is 0. The van der Waals surface area contributed by atoms with Crippen LogP contribution in [-0.2, 0) is 0 Å². The van der Waals surface area contributed by atoms with Gasteiger partial charge in [-0.3, -0.25) is 0 Å². The molecule has 0 aromatic carbocycles. The van der Waals surface area contributed by atoms with Crippen LogP contribution in [0.2, 0.25) is 0 Å². The lowest BCUT2D eigenvalue weighted by Gasteiger charge is -2.18.